The number of nitrogens with zero attached hydrogens (tertiary/aromatic N) is 3. The molecule has 0 unspecified atom stereocenters. The zero-order valence-corrected chi connectivity index (χ0v) is 87.0. The van der Waals surface area contributed by atoms with Crippen molar-refractivity contribution in [1.82, 2.24) is 5.43 Å². The van der Waals surface area contributed by atoms with Gasteiger partial charge in [0.2, 0.25) is 0 Å². The fourth-order valence-corrected chi connectivity index (χ4v) is 26.7. The van der Waals surface area contributed by atoms with Gasteiger partial charge in [-0.25, -0.2) is 15.0 Å². The van der Waals surface area contributed by atoms with E-state index in [2.05, 4.69) is 131 Å². The Morgan fingerprint density at radius 1 is 0.428 bits per heavy atom. The molecule has 1 N–H and O–H groups in total. The van der Waals surface area contributed by atoms with Crippen molar-refractivity contribution in [2.24, 2.45) is 97.8 Å². The number of hydrazone groups is 1. The maximum Gasteiger partial charge on any atom is 0.344 e. The molecule has 0 spiro atoms. The van der Waals surface area contributed by atoms with E-state index >= 15 is 0 Å². The SMILES string of the molecule is C.CCCCCCCCCCCCOc1cc(/C=C(\C#N)c2ccc(OCC(=O)N/N=C/c3ccc(OCC(=O)O[C@H]4CC[C@@]5(C)C(=CC[C@H]6[C@@H]7CC[C@H]([C@H](C)CCCC(C)C)[C@@]7(C)CC[C@@H]65)C4)cc3)cc2)ccc1C.CCCCCCCCCCCCOc1cc(/C=C(\C#N)c2ccc(OCC(=O)O[C@H]3CC[C@@]4(C)C(=CC[C@H]5[C@@H]6CC[C@H]([C@H](C)CCCC(C)C)[C@@]6(C)CC[C@@H]54)C3)cc2)ccc1C. The van der Waals surface area contributed by atoms with Crippen LogP contribution in [0.25, 0.3) is 23.3 Å². The molecule has 14 heteroatoms. The Labute approximate surface area is 835 Å². The Kier molecular flexibility index (Phi) is 43.2. The van der Waals surface area contributed by atoms with Gasteiger partial charge >= 0.3 is 11.9 Å². The van der Waals surface area contributed by atoms with Crippen LogP contribution in [-0.2, 0) is 23.9 Å². The first-order valence-electron chi connectivity index (χ1n) is 54.7. The fraction of sp³-hybridized carbons (Fsp3) is 0.645. The molecule has 0 radical (unpaired) electrons. The third kappa shape index (κ3) is 30.3. The number of allylic oxidation sites excluding steroid dienone is 4. The van der Waals surface area contributed by atoms with Gasteiger partial charge in [0, 0.05) is 12.8 Å². The molecule has 8 aliphatic rings. The summed E-state index contributed by atoms with van der Waals surface area (Å²) < 4.78 is 41.9. The molecule has 1 amide bonds. The smallest absolute Gasteiger partial charge is 0.344 e. The van der Waals surface area contributed by atoms with Crippen LogP contribution < -0.4 is 29.1 Å². The topological polar surface area (TPSA) is 188 Å². The third-order valence-corrected chi connectivity index (χ3v) is 34.6. The molecular weight excluding hydrogens is 1710 g/mol. The van der Waals surface area contributed by atoms with E-state index in [0.717, 1.165) is 173 Å². The first-order chi connectivity index (χ1) is 66.2. The van der Waals surface area contributed by atoms with Crippen molar-refractivity contribution in [3.05, 3.63) is 171 Å². The molecule has 0 saturated heterocycles. The van der Waals surface area contributed by atoms with Gasteiger partial charge in [0.05, 0.1) is 42.7 Å². The van der Waals surface area contributed by atoms with Gasteiger partial charge in [0.1, 0.15) is 41.0 Å². The summed E-state index contributed by atoms with van der Waals surface area (Å²) in [5.74, 6) is 12.0. The maximum atomic E-state index is 13.1. The normalized spacial score (nSPS) is 25.7. The van der Waals surface area contributed by atoms with Gasteiger partial charge in [-0.3, -0.25) is 4.79 Å². The van der Waals surface area contributed by atoms with Crippen LogP contribution in [-0.4, -0.2) is 69.3 Å². The molecule has 8 aliphatic carbocycles. The molecule has 13 rings (SSSR count). The van der Waals surface area contributed by atoms with Crippen LogP contribution in [0, 0.1) is 129 Å². The van der Waals surface area contributed by atoms with E-state index < -0.39 is 5.91 Å². The van der Waals surface area contributed by atoms with Gasteiger partial charge in [-0.05, 0) is 345 Å². The van der Waals surface area contributed by atoms with Gasteiger partial charge in [-0.2, -0.15) is 15.6 Å². The number of esters is 2. The molecule has 14 nitrogen and oxygen atoms in total. The lowest BCUT2D eigenvalue weighted by Crippen LogP contribution is -2.51. The molecule has 6 saturated carbocycles. The van der Waals surface area contributed by atoms with Gasteiger partial charge in [0.15, 0.2) is 19.8 Å². The van der Waals surface area contributed by atoms with E-state index in [0.29, 0.717) is 52.4 Å². The van der Waals surface area contributed by atoms with Crippen LogP contribution in [0.2, 0.25) is 0 Å². The fourth-order valence-electron chi connectivity index (χ4n) is 26.7. The number of aryl methyl sites for hydroxylation is 2. The molecule has 0 bridgehead atoms. The number of ether oxygens (including phenoxy) is 7. The molecule has 6 fully saturated rings. The predicted octanol–water partition coefficient (Wildman–Crippen LogP) is 32.5. The van der Waals surface area contributed by atoms with E-state index in [4.69, 9.17) is 33.2 Å². The van der Waals surface area contributed by atoms with E-state index in [9.17, 15) is 24.9 Å². The predicted molar refractivity (Wildman–Crippen MR) is 568 cm³/mol. The zero-order valence-electron chi connectivity index (χ0n) is 87.0. The minimum Gasteiger partial charge on any atom is -0.493 e. The number of hydrogen-bond donors (Lipinski definition) is 1. The van der Waals surface area contributed by atoms with Gasteiger partial charge in [0.25, 0.3) is 5.91 Å². The van der Waals surface area contributed by atoms with E-state index in [1.165, 1.54) is 230 Å². The van der Waals surface area contributed by atoms with Crippen molar-refractivity contribution in [2.45, 2.75) is 386 Å². The summed E-state index contributed by atoms with van der Waals surface area (Å²) in [5.41, 5.74) is 14.3. The molecule has 16 atom stereocenters. The molecule has 0 aliphatic heterocycles. The van der Waals surface area contributed by atoms with Gasteiger partial charge in [-0.1, -0.05) is 292 Å². The van der Waals surface area contributed by atoms with Crippen molar-refractivity contribution in [1.29, 1.82) is 10.5 Å². The zero-order chi connectivity index (χ0) is 97.3. The van der Waals surface area contributed by atoms with E-state index in [1.807, 2.05) is 97.9 Å². The molecule has 5 aromatic carbocycles. The van der Waals surface area contributed by atoms with Gasteiger partial charge in [-0.15, -0.1) is 0 Å². The molecule has 138 heavy (non-hydrogen) atoms. The summed E-state index contributed by atoms with van der Waals surface area (Å²) >= 11 is 0. The first-order valence-corrected chi connectivity index (χ1v) is 54.7. The van der Waals surface area contributed by atoms with Gasteiger partial charge < -0.3 is 33.2 Å². The van der Waals surface area contributed by atoms with Crippen LogP contribution in [0.3, 0.4) is 0 Å². The van der Waals surface area contributed by atoms with Crippen molar-refractivity contribution < 1.29 is 47.5 Å². The average molecular weight is 1880 g/mol. The van der Waals surface area contributed by atoms with Crippen molar-refractivity contribution >= 4 is 47.4 Å². The Bertz CT molecular complexity index is 4870. The molecule has 5 aromatic rings. The lowest BCUT2D eigenvalue weighted by atomic mass is 9.47. The number of carbonyl (C=O) groups is 3. The summed E-state index contributed by atoms with van der Waals surface area (Å²) in [7, 11) is 0. The molecule has 0 heterocycles. The number of unbranched alkanes of at least 4 members (excludes halogenated alkanes) is 18. The minimum atomic E-state index is -0.417. The number of benzene rings is 5. The first kappa shape index (κ1) is 110. The lowest BCUT2D eigenvalue weighted by Gasteiger charge is -2.58. The van der Waals surface area contributed by atoms with Crippen LogP contribution in [0.5, 0.6) is 28.7 Å². The standard InChI is InChI=1S/C66H91N3O6.C57H83NO4.CH4/c1-8-9-10-11-12-13-14-15-16-17-39-72-62-41-51(22-21-49(62)5)40-53(43-67)52-25-30-56(31-26-52)73-45-63(70)69-68-44-50-23-28-55(29-24-50)74-46-64(71)75-57-35-37-65(6)54(42-57)27-32-58-60-34-33-59(48(4)20-18-19-47(2)3)66(60,7)38-36-61(58)65;1-8-9-10-11-12-13-14-15-16-17-35-60-54-37-44(22-21-43(54)5)36-46(39-58)45-23-26-48(27-24-45)61-40-55(59)62-49-31-33-56(6)47(38-49)25-28-50-52-30-29-51(42(4)20-18-19-41(2)3)57(52,7)34-32-53(50)56;/h21-31,40-41,44,47-48,57-61H,8-20,32-39,42,45-46H2,1-7H3,(H,69,70);21-27,36-37,41-42,49-53H,8-20,28-35,38,40H2,1-7H3;1H4/b53-40+,68-44+;46-36+;/t48-,57+,58+,59-,60+,61+,65+,66-;42-,49+,50+,51-,52+,53+,56+,57-;/m11./s1. The van der Waals surface area contributed by atoms with E-state index in [1.54, 1.807) is 29.8 Å². The summed E-state index contributed by atoms with van der Waals surface area (Å²) in [5, 5.41) is 24.2. The van der Waals surface area contributed by atoms with Crippen LogP contribution in [0.15, 0.2) is 138 Å². The maximum absolute atomic E-state index is 13.1. The second-order valence-electron chi connectivity index (χ2n) is 45.0. The highest BCUT2D eigenvalue weighted by molar-refractivity contribution is 5.91. The van der Waals surface area contributed by atoms with Crippen molar-refractivity contribution in [3.8, 4) is 40.9 Å². The average Bonchev–Trinajstić information content (AvgIpc) is 1.57. The van der Waals surface area contributed by atoms with Crippen molar-refractivity contribution in [2.75, 3.05) is 33.0 Å². The van der Waals surface area contributed by atoms with Crippen LogP contribution in [0.1, 0.15) is 399 Å². The Balaban J connectivity index is 0.000000267. The number of fused-ring (bicyclic) bond motifs is 10. The summed E-state index contributed by atoms with van der Waals surface area (Å²) in [6.07, 6.45) is 63.5. The monoisotopic (exact) mass is 1880 g/mol. The summed E-state index contributed by atoms with van der Waals surface area (Å²) in [6, 6.07) is 38.5. The number of nitriles is 2. The minimum absolute atomic E-state index is 0. The molecular formula is C124H178N4O10. The summed E-state index contributed by atoms with van der Waals surface area (Å²) in [6.45, 7) is 34.5. The number of hydrogen-bond acceptors (Lipinski definition) is 13. The second kappa shape index (κ2) is 54.4. The highest BCUT2D eigenvalue weighted by atomic mass is 16.6. The highest BCUT2D eigenvalue weighted by Gasteiger charge is 2.61. The lowest BCUT2D eigenvalue weighted by molar-refractivity contribution is -0.154. The second-order valence-corrected chi connectivity index (χ2v) is 45.0. The van der Waals surface area contributed by atoms with Crippen molar-refractivity contribution in [3.63, 3.8) is 0 Å². The number of amides is 1. The number of nitrogens with one attached hydrogen (secondary N) is 1. The largest absolute Gasteiger partial charge is 0.493 e. The number of carbonyl (C=O) groups excluding carboxylic acids is 3. The third-order valence-electron chi connectivity index (χ3n) is 34.6. The Morgan fingerprint density at radius 3 is 1.18 bits per heavy atom. The Hall–Kier alpha value is -8.88. The summed E-state index contributed by atoms with van der Waals surface area (Å²) in [4.78, 5) is 38.8. The highest BCUT2D eigenvalue weighted by Crippen LogP contribution is 2.70. The van der Waals surface area contributed by atoms with Crippen LogP contribution in [0.4, 0.5) is 0 Å². The quantitative estimate of drug-likeness (QED) is 0.00739. The van der Waals surface area contributed by atoms with Crippen LogP contribution >= 0.6 is 0 Å². The number of rotatable bonds is 51. The molecule has 0 aromatic heterocycles. The Morgan fingerprint density at radius 2 is 0.797 bits per heavy atom. The molecule has 754 valence electrons. The van der Waals surface area contributed by atoms with E-state index in [-0.39, 0.29) is 62.2 Å².